The number of fused-ring (bicyclic) bond motifs is 1. The Labute approximate surface area is 101 Å². The van der Waals surface area contributed by atoms with Crippen LogP contribution in [0.25, 0.3) is 0 Å². The minimum Gasteiger partial charge on any atom is -0.497 e. The Morgan fingerprint density at radius 1 is 1.06 bits per heavy atom. The van der Waals surface area contributed by atoms with E-state index in [4.69, 9.17) is 4.74 Å². The van der Waals surface area contributed by atoms with Crippen LogP contribution in [0.15, 0.2) is 48.5 Å². The van der Waals surface area contributed by atoms with Crippen molar-refractivity contribution in [2.24, 2.45) is 0 Å². The smallest absolute Gasteiger partial charge is 0.120 e. The lowest BCUT2D eigenvalue weighted by Gasteiger charge is -2.20. The molecule has 1 aliphatic heterocycles. The summed E-state index contributed by atoms with van der Waals surface area (Å²) in [6.45, 7) is 1.05. The molecule has 0 atom stereocenters. The van der Waals surface area contributed by atoms with Gasteiger partial charge < -0.3 is 9.64 Å². The van der Waals surface area contributed by atoms with Crippen molar-refractivity contribution in [3.05, 3.63) is 54.1 Å². The van der Waals surface area contributed by atoms with E-state index in [2.05, 4.69) is 41.3 Å². The van der Waals surface area contributed by atoms with Gasteiger partial charge in [-0.3, -0.25) is 0 Å². The summed E-state index contributed by atoms with van der Waals surface area (Å²) in [4.78, 5) is 2.35. The van der Waals surface area contributed by atoms with E-state index in [0.29, 0.717) is 0 Å². The average molecular weight is 225 g/mol. The third kappa shape index (κ3) is 1.76. The quantitative estimate of drug-likeness (QED) is 0.776. The number of anilines is 2. The van der Waals surface area contributed by atoms with Crippen molar-refractivity contribution < 1.29 is 4.74 Å². The lowest BCUT2D eigenvalue weighted by molar-refractivity contribution is 0.415. The molecular weight excluding hydrogens is 210 g/mol. The van der Waals surface area contributed by atoms with Gasteiger partial charge in [-0.1, -0.05) is 24.3 Å². The first-order valence-electron chi connectivity index (χ1n) is 5.88. The molecule has 0 N–H and O–H groups in total. The van der Waals surface area contributed by atoms with Gasteiger partial charge in [-0.15, -0.1) is 0 Å². The normalized spacial score (nSPS) is 13.6. The zero-order valence-corrected chi connectivity index (χ0v) is 9.89. The largest absolute Gasteiger partial charge is 0.497 e. The van der Waals surface area contributed by atoms with Crippen molar-refractivity contribution in [2.45, 2.75) is 6.42 Å². The molecule has 2 nitrogen and oxygen atoms in total. The summed E-state index contributed by atoms with van der Waals surface area (Å²) in [5.41, 5.74) is 3.95. The molecule has 2 aromatic carbocycles. The number of hydrogen-bond donors (Lipinski definition) is 0. The topological polar surface area (TPSA) is 12.5 Å². The van der Waals surface area contributed by atoms with Gasteiger partial charge in [0.2, 0.25) is 0 Å². The molecule has 0 bridgehead atoms. The molecule has 0 amide bonds. The Balaban J connectivity index is 2.01. The molecule has 2 heteroatoms. The Bertz CT molecular complexity index is 536. The van der Waals surface area contributed by atoms with Crippen molar-refractivity contribution in [3.63, 3.8) is 0 Å². The van der Waals surface area contributed by atoms with Gasteiger partial charge in [-0.25, -0.2) is 0 Å². The molecule has 1 aliphatic rings. The van der Waals surface area contributed by atoms with Crippen molar-refractivity contribution in [3.8, 4) is 5.75 Å². The second kappa shape index (κ2) is 4.13. The van der Waals surface area contributed by atoms with E-state index in [0.717, 1.165) is 18.7 Å². The van der Waals surface area contributed by atoms with E-state index >= 15 is 0 Å². The molecule has 0 saturated carbocycles. The predicted molar refractivity (Wildman–Crippen MR) is 70.1 cm³/mol. The number of hydrogen-bond acceptors (Lipinski definition) is 2. The maximum atomic E-state index is 5.28. The molecule has 0 fully saturated rings. The van der Waals surface area contributed by atoms with Crippen LogP contribution in [-0.4, -0.2) is 13.7 Å². The van der Waals surface area contributed by atoms with E-state index < -0.39 is 0 Å². The molecular formula is C15H15NO. The summed E-state index contributed by atoms with van der Waals surface area (Å²) >= 11 is 0. The fourth-order valence-electron chi connectivity index (χ4n) is 2.38. The molecule has 0 aromatic heterocycles. The first-order valence-corrected chi connectivity index (χ1v) is 5.88. The molecule has 2 aromatic rings. The second-order valence-corrected chi connectivity index (χ2v) is 4.23. The number of para-hydroxylation sites is 1. The van der Waals surface area contributed by atoms with Crippen LogP contribution in [-0.2, 0) is 6.42 Å². The molecule has 17 heavy (non-hydrogen) atoms. The Hall–Kier alpha value is -1.96. The summed E-state index contributed by atoms with van der Waals surface area (Å²) < 4.78 is 5.28. The van der Waals surface area contributed by atoms with E-state index in [-0.39, 0.29) is 0 Å². The number of benzene rings is 2. The van der Waals surface area contributed by atoms with E-state index in [1.165, 1.54) is 16.9 Å². The molecule has 1 heterocycles. The Morgan fingerprint density at radius 2 is 1.94 bits per heavy atom. The van der Waals surface area contributed by atoms with Crippen LogP contribution in [0.2, 0.25) is 0 Å². The molecule has 0 spiro atoms. The van der Waals surface area contributed by atoms with Crippen molar-refractivity contribution in [2.75, 3.05) is 18.6 Å². The summed E-state index contributed by atoms with van der Waals surface area (Å²) in [7, 11) is 1.71. The molecule has 3 rings (SSSR count). The minimum absolute atomic E-state index is 0.909. The van der Waals surface area contributed by atoms with Crippen molar-refractivity contribution in [1.82, 2.24) is 0 Å². The minimum atomic E-state index is 0.909. The fraction of sp³-hybridized carbons (Fsp3) is 0.200. The zero-order chi connectivity index (χ0) is 11.7. The van der Waals surface area contributed by atoms with Crippen LogP contribution < -0.4 is 9.64 Å². The van der Waals surface area contributed by atoms with Gasteiger partial charge in [0.05, 0.1) is 7.11 Å². The van der Waals surface area contributed by atoms with Crippen LogP contribution >= 0.6 is 0 Å². The highest BCUT2D eigenvalue weighted by Gasteiger charge is 2.19. The van der Waals surface area contributed by atoms with Gasteiger partial charge in [0.1, 0.15) is 5.75 Å². The van der Waals surface area contributed by atoms with Crippen LogP contribution in [0.4, 0.5) is 11.4 Å². The maximum Gasteiger partial charge on any atom is 0.120 e. The van der Waals surface area contributed by atoms with Crippen LogP contribution in [0.5, 0.6) is 5.75 Å². The Morgan fingerprint density at radius 3 is 2.82 bits per heavy atom. The molecule has 0 radical (unpaired) electrons. The highest BCUT2D eigenvalue weighted by Crippen LogP contribution is 2.35. The van der Waals surface area contributed by atoms with Crippen LogP contribution in [0, 0.1) is 0 Å². The van der Waals surface area contributed by atoms with Gasteiger partial charge in [0, 0.05) is 24.0 Å². The third-order valence-corrected chi connectivity index (χ3v) is 3.25. The van der Waals surface area contributed by atoms with Gasteiger partial charge in [0.25, 0.3) is 0 Å². The molecule has 86 valence electrons. The maximum absolute atomic E-state index is 5.28. The van der Waals surface area contributed by atoms with Gasteiger partial charge in [0.15, 0.2) is 0 Å². The van der Waals surface area contributed by atoms with Crippen LogP contribution in [0.1, 0.15) is 5.56 Å². The molecule has 0 aliphatic carbocycles. The molecule has 0 unspecified atom stereocenters. The third-order valence-electron chi connectivity index (χ3n) is 3.25. The van der Waals surface area contributed by atoms with E-state index in [9.17, 15) is 0 Å². The van der Waals surface area contributed by atoms with Gasteiger partial charge in [-0.2, -0.15) is 0 Å². The lowest BCUT2D eigenvalue weighted by atomic mass is 10.2. The fourth-order valence-corrected chi connectivity index (χ4v) is 2.38. The monoisotopic (exact) mass is 225 g/mol. The van der Waals surface area contributed by atoms with Crippen LogP contribution in [0.3, 0.4) is 0 Å². The lowest BCUT2D eigenvalue weighted by Crippen LogP contribution is -2.12. The number of ether oxygens (including phenoxy) is 1. The van der Waals surface area contributed by atoms with Crippen molar-refractivity contribution >= 4 is 11.4 Å². The number of nitrogens with zero attached hydrogens (tertiary/aromatic N) is 1. The zero-order valence-electron chi connectivity index (χ0n) is 9.89. The highest BCUT2D eigenvalue weighted by molar-refractivity contribution is 5.70. The average Bonchev–Trinajstić information content (AvgIpc) is 2.82. The molecule has 0 saturated heterocycles. The standard InChI is InChI=1S/C15H15NO/c1-17-14-7-4-6-13(11-14)16-10-9-12-5-2-3-8-15(12)16/h2-8,11H,9-10H2,1H3. The highest BCUT2D eigenvalue weighted by atomic mass is 16.5. The van der Waals surface area contributed by atoms with E-state index in [1.807, 2.05) is 12.1 Å². The summed E-state index contributed by atoms with van der Waals surface area (Å²) in [5.74, 6) is 0.909. The van der Waals surface area contributed by atoms with Crippen molar-refractivity contribution in [1.29, 1.82) is 0 Å². The summed E-state index contributed by atoms with van der Waals surface area (Å²) in [6.07, 6.45) is 1.12. The second-order valence-electron chi connectivity index (χ2n) is 4.23. The SMILES string of the molecule is COc1cccc(N2CCc3ccccc32)c1. The first-order chi connectivity index (χ1) is 8.38. The number of methoxy groups -OCH3 is 1. The van der Waals surface area contributed by atoms with E-state index in [1.54, 1.807) is 7.11 Å². The predicted octanol–water partition coefficient (Wildman–Crippen LogP) is 3.39. The first kappa shape index (κ1) is 10.2. The van der Waals surface area contributed by atoms with Gasteiger partial charge in [-0.05, 0) is 30.2 Å². The van der Waals surface area contributed by atoms with Gasteiger partial charge >= 0.3 is 0 Å². The summed E-state index contributed by atoms with van der Waals surface area (Å²) in [6, 6.07) is 16.8. The Kier molecular flexibility index (Phi) is 2.48. The summed E-state index contributed by atoms with van der Waals surface area (Å²) in [5, 5.41) is 0. The number of rotatable bonds is 2.